The standard InChI is InChI=1S/C9H7F3O5S/c10-9(11,12)7-3-1-6(2-4-7)8(13)17-5-18(14,15)16/h1-4H,5H2,(H,14,15,16). The van der Waals surface area contributed by atoms with Crippen LogP contribution in [0.4, 0.5) is 13.2 Å². The first-order chi connectivity index (χ1) is 8.09. The van der Waals surface area contributed by atoms with Crippen LogP contribution in [-0.2, 0) is 21.0 Å². The molecule has 0 heterocycles. The molecule has 1 aromatic rings. The Morgan fingerprint density at radius 3 is 2.11 bits per heavy atom. The summed E-state index contributed by atoms with van der Waals surface area (Å²) in [6.07, 6.45) is -4.53. The van der Waals surface area contributed by atoms with Gasteiger partial charge in [-0.05, 0) is 24.3 Å². The first-order valence-corrected chi connectivity index (χ1v) is 6.00. The zero-order valence-corrected chi connectivity index (χ0v) is 9.46. The molecule has 9 heteroatoms. The van der Waals surface area contributed by atoms with Crippen molar-refractivity contribution in [2.24, 2.45) is 0 Å². The highest BCUT2D eigenvalue weighted by Crippen LogP contribution is 2.29. The van der Waals surface area contributed by atoms with Crippen molar-refractivity contribution in [3.05, 3.63) is 35.4 Å². The second-order valence-electron chi connectivity index (χ2n) is 3.21. The summed E-state index contributed by atoms with van der Waals surface area (Å²) in [6.45, 7) is 0. The van der Waals surface area contributed by atoms with E-state index < -0.39 is 33.8 Å². The van der Waals surface area contributed by atoms with E-state index in [1.54, 1.807) is 0 Å². The number of alkyl halides is 3. The van der Waals surface area contributed by atoms with E-state index in [0.29, 0.717) is 12.1 Å². The highest BCUT2D eigenvalue weighted by molar-refractivity contribution is 7.85. The van der Waals surface area contributed by atoms with Gasteiger partial charge in [-0.2, -0.15) is 21.6 Å². The van der Waals surface area contributed by atoms with Crippen LogP contribution in [0, 0.1) is 0 Å². The highest BCUT2D eigenvalue weighted by atomic mass is 32.2. The van der Waals surface area contributed by atoms with Gasteiger partial charge in [-0.3, -0.25) is 4.55 Å². The number of esters is 1. The van der Waals surface area contributed by atoms with Gasteiger partial charge in [0, 0.05) is 0 Å². The monoisotopic (exact) mass is 284 g/mol. The number of benzene rings is 1. The van der Waals surface area contributed by atoms with Crippen LogP contribution in [0.3, 0.4) is 0 Å². The van der Waals surface area contributed by atoms with Crippen molar-refractivity contribution in [3.8, 4) is 0 Å². The molecule has 5 nitrogen and oxygen atoms in total. The molecule has 1 N–H and O–H groups in total. The van der Waals surface area contributed by atoms with Crippen LogP contribution in [0.25, 0.3) is 0 Å². The molecule has 0 aromatic heterocycles. The van der Waals surface area contributed by atoms with E-state index in [2.05, 4.69) is 4.74 Å². The lowest BCUT2D eigenvalue weighted by molar-refractivity contribution is -0.137. The van der Waals surface area contributed by atoms with Crippen LogP contribution >= 0.6 is 0 Å². The molecule has 0 aliphatic heterocycles. The van der Waals surface area contributed by atoms with Gasteiger partial charge in [0.1, 0.15) is 0 Å². The third kappa shape index (κ3) is 4.34. The molecule has 0 unspecified atom stereocenters. The van der Waals surface area contributed by atoms with Crippen molar-refractivity contribution in [2.75, 3.05) is 5.94 Å². The molecule has 0 radical (unpaired) electrons. The van der Waals surface area contributed by atoms with Gasteiger partial charge in [-0.25, -0.2) is 4.79 Å². The van der Waals surface area contributed by atoms with Gasteiger partial charge in [-0.1, -0.05) is 0 Å². The summed E-state index contributed by atoms with van der Waals surface area (Å²) in [7, 11) is -4.48. The number of hydrogen-bond acceptors (Lipinski definition) is 4. The lowest BCUT2D eigenvalue weighted by atomic mass is 10.1. The van der Waals surface area contributed by atoms with Crippen LogP contribution in [0.1, 0.15) is 15.9 Å². The summed E-state index contributed by atoms with van der Waals surface area (Å²) in [5.41, 5.74) is -1.21. The maximum Gasteiger partial charge on any atom is 0.416 e. The third-order valence-electron chi connectivity index (χ3n) is 1.79. The lowest BCUT2D eigenvalue weighted by Gasteiger charge is -2.07. The predicted molar refractivity (Wildman–Crippen MR) is 53.3 cm³/mol. The number of hydrogen-bond donors (Lipinski definition) is 1. The fraction of sp³-hybridized carbons (Fsp3) is 0.222. The van der Waals surface area contributed by atoms with E-state index in [9.17, 15) is 26.4 Å². The van der Waals surface area contributed by atoms with E-state index in [0.717, 1.165) is 12.1 Å². The molecule has 0 saturated carbocycles. The van der Waals surface area contributed by atoms with Gasteiger partial charge in [0.05, 0.1) is 11.1 Å². The molecule has 0 saturated heterocycles. The minimum Gasteiger partial charge on any atom is -0.443 e. The van der Waals surface area contributed by atoms with Gasteiger partial charge in [0.2, 0.25) is 5.94 Å². The zero-order valence-electron chi connectivity index (χ0n) is 8.64. The Kier molecular flexibility index (Phi) is 3.97. The van der Waals surface area contributed by atoms with Gasteiger partial charge >= 0.3 is 22.3 Å². The maximum atomic E-state index is 12.2. The average Bonchev–Trinajstić information content (AvgIpc) is 2.24. The molecule has 100 valence electrons. The topological polar surface area (TPSA) is 80.7 Å². The summed E-state index contributed by atoms with van der Waals surface area (Å²) in [6, 6.07) is 3.00. The number of carbonyl (C=O) groups is 1. The Bertz CT molecular complexity index is 532. The normalized spacial score (nSPS) is 12.2. The Balaban J connectivity index is 2.77. The quantitative estimate of drug-likeness (QED) is 0.675. The maximum absolute atomic E-state index is 12.2. The van der Waals surface area contributed by atoms with Gasteiger partial charge < -0.3 is 4.74 Å². The zero-order chi connectivity index (χ0) is 14.0. The molecule has 0 spiro atoms. The molecule has 18 heavy (non-hydrogen) atoms. The van der Waals surface area contributed by atoms with Crippen molar-refractivity contribution < 1.29 is 35.7 Å². The van der Waals surface area contributed by atoms with E-state index in [1.807, 2.05) is 0 Å². The molecule has 1 aromatic carbocycles. The molecule has 0 atom stereocenters. The molecular weight excluding hydrogens is 277 g/mol. The largest absolute Gasteiger partial charge is 0.443 e. The fourth-order valence-corrected chi connectivity index (χ4v) is 1.26. The number of ether oxygens (including phenoxy) is 1. The van der Waals surface area contributed by atoms with Crippen LogP contribution in [0.15, 0.2) is 24.3 Å². The van der Waals surface area contributed by atoms with E-state index >= 15 is 0 Å². The number of carbonyl (C=O) groups excluding carboxylic acids is 1. The van der Waals surface area contributed by atoms with Crippen molar-refractivity contribution in [2.45, 2.75) is 6.18 Å². The van der Waals surface area contributed by atoms with Crippen molar-refractivity contribution in [1.82, 2.24) is 0 Å². The molecule has 0 fully saturated rings. The molecule has 1 rings (SSSR count). The van der Waals surface area contributed by atoms with Gasteiger partial charge in [0.15, 0.2) is 0 Å². The summed E-state index contributed by atoms with van der Waals surface area (Å²) in [4.78, 5) is 11.2. The summed E-state index contributed by atoms with van der Waals surface area (Å²) >= 11 is 0. The highest BCUT2D eigenvalue weighted by Gasteiger charge is 2.30. The minimum absolute atomic E-state index is 0.258. The van der Waals surface area contributed by atoms with E-state index in [4.69, 9.17) is 4.55 Å². The van der Waals surface area contributed by atoms with Crippen LogP contribution in [-0.4, -0.2) is 24.9 Å². The van der Waals surface area contributed by atoms with Crippen molar-refractivity contribution >= 4 is 16.1 Å². The Labute approximate surface area is 99.9 Å². The molecule has 0 amide bonds. The first-order valence-electron chi connectivity index (χ1n) is 4.39. The predicted octanol–water partition coefficient (Wildman–Crippen LogP) is 1.71. The molecular formula is C9H7F3O5S. The second kappa shape index (κ2) is 4.94. The summed E-state index contributed by atoms with van der Waals surface area (Å²) in [5.74, 6) is -2.41. The van der Waals surface area contributed by atoms with Gasteiger partial charge in [-0.15, -0.1) is 0 Å². The van der Waals surface area contributed by atoms with Crippen LogP contribution in [0.2, 0.25) is 0 Å². The smallest absolute Gasteiger partial charge is 0.416 e. The second-order valence-corrected chi connectivity index (χ2v) is 4.61. The van der Waals surface area contributed by atoms with Crippen molar-refractivity contribution in [3.63, 3.8) is 0 Å². The van der Waals surface area contributed by atoms with E-state index in [1.165, 1.54) is 0 Å². The first kappa shape index (κ1) is 14.5. The Morgan fingerprint density at radius 1 is 1.22 bits per heavy atom. The van der Waals surface area contributed by atoms with E-state index in [-0.39, 0.29) is 5.56 Å². The summed E-state index contributed by atoms with van der Waals surface area (Å²) in [5, 5.41) is 0. The Hall–Kier alpha value is -1.61. The number of rotatable bonds is 3. The minimum atomic E-state index is -4.53. The summed E-state index contributed by atoms with van der Waals surface area (Å²) < 4.78 is 69.6. The molecule has 0 bridgehead atoms. The van der Waals surface area contributed by atoms with Crippen LogP contribution in [0.5, 0.6) is 0 Å². The fourth-order valence-electron chi connectivity index (χ4n) is 1.01. The number of halogens is 3. The lowest BCUT2D eigenvalue weighted by Crippen LogP contribution is -2.14. The Morgan fingerprint density at radius 2 is 1.72 bits per heavy atom. The van der Waals surface area contributed by atoms with Gasteiger partial charge in [0.25, 0.3) is 0 Å². The third-order valence-corrected chi connectivity index (χ3v) is 2.20. The SMILES string of the molecule is O=C(OCS(=O)(=O)O)c1ccc(C(F)(F)F)cc1. The molecule has 0 aliphatic rings. The average molecular weight is 284 g/mol. The van der Waals surface area contributed by atoms with Crippen molar-refractivity contribution in [1.29, 1.82) is 0 Å². The van der Waals surface area contributed by atoms with Crippen LogP contribution < -0.4 is 0 Å². The molecule has 0 aliphatic carbocycles.